The lowest BCUT2D eigenvalue weighted by Gasteiger charge is -2.09. The lowest BCUT2D eigenvalue weighted by Crippen LogP contribution is -2.12. The van der Waals surface area contributed by atoms with E-state index in [0.29, 0.717) is 34.5 Å². The molecule has 6 nitrogen and oxygen atoms in total. The van der Waals surface area contributed by atoms with Gasteiger partial charge in [-0.2, -0.15) is 0 Å². The van der Waals surface area contributed by atoms with Crippen molar-refractivity contribution in [2.75, 3.05) is 19.5 Å². The summed E-state index contributed by atoms with van der Waals surface area (Å²) in [5.74, 6) is 1.90. The van der Waals surface area contributed by atoms with Crippen molar-refractivity contribution in [3.8, 4) is 28.5 Å². The summed E-state index contributed by atoms with van der Waals surface area (Å²) in [6, 6.07) is 20.5. The Morgan fingerprint density at radius 2 is 1.79 bits per heavy atom. The second-order valence-corrected chi connectivity index (χ2v) is 8.77. The number of carbonyl (C=O) groups excluding carboxylic acids is 1. The first-order valence-corrected chi connectivity index (χ1v) is 11.7. The number of aromatic nitrogens is 1. The van der Waals surface area contributed by atoms with Crippen LogP contribution in [0, 0.1) is 0 Å². The number of thiazole rings is 1. The predicted octanol–water partition coefficient (Wildman–Crippen LogP) is 6.42. The van der Waals surface area contributed by atoms with Gasteiger partial charge in [-0.05, 0) is 60.2 Å². The second-order valence-electron chi connectivity index (χ2n) is 7.00. The zero-order valence-electron chi connectivity index (χ0n) is 18.0. The highest BCUT2D eigenvalue weighted by Gasteiger charge is 2.14. The first-order chi connectivity index (χ1) is 16.1. The van der Waals surface area contributed by atoms with E-state index in [-0.39, 0.29) is 5.91 Å². The maximum absolute atomic E-state index is 12.8. The van der Waals surface area contributed by atoms with Crippen molar-refractivity contribution in [2.24, 2.45) is 0 Å². The molecule has 0 aliphatic rings. The zero-order chi connectivity index (χ0) is 23.2. The minimum Gasteiger partial charge on any atom is -0.497 e. The highest BCUT2D eigenvalue weighted by Crippen LogP contribution is 2.35. The minimum atomic E-state index is -0.237. The Balaban J connectivity index is 1.44. The van der Waals surface area contributed by atoms with E-state index >= 15 is 0 Å². The normalized spacial score (nSPS) is 10.5. The van der Waals surface area contributed by atoms with Crippen LogP contribution in [-0.2, 0) is 6.61 Å². The monoisotopic (exact) mass is 524 g/mol. The number of hydrogen-bond donors (Lipinski definition) is 1. The third-order valence-electron chi connectivity index (χ3n) is 4.82. The first-order valence-electron chi connectivity index (χ1n) is 10.0. The molecule has 1 amide bonds. The van der Waals surface area contributed by atoms with Gasteiger partial charge in [-0.15, -0.1) is 11.3 Å². The molecule has 33 heavy (non-hydrogen) atoms. The molecule has 0 saturated carbocycles. The Kier molecular flexibility index (Phi) is 7.26. The van der Waals surface area contributed by atoms with E-state index < -0.39 is 0 Å². The molecular formula is C25H21BrN2O4S. The number of nitrogens with zero attached hydrogens (tertiary/aromatic N) is 1. The molecule has 8 heteroatoms. The van der Waals surface area contributed by atoms with Gasteiger partial charge < -0.3 is 14.2 Å². The second kappa shape index (κ2) is 10.5. The Hall–Kier alpha value is -3.36. The van der Waals surface area contributed by atoms with Gasteiger partial charge in [0.2, 0.25) is 0 Å². The van der Waals surface area contributed by atoms with Crippen molar-refractivity contribution in [1.29, 1.82) is 0 Å². The van der Waals surface area contributed by atoms with Crippen molar-refractivity contribution in [1.82, 2.24) is 4.98 Å². The smallest absolute Gasteiger partial charge is 0.257 e. The van der Waals surface area contributed by atoms with Crippen LogP contribution >= 0.6 is 27.3 Å². The molecule has 0 unspecified atom stereocenters. The molecule has 4 aromatic rings. The van der Waals surface area contributed by atoms with Crippen LogP contribution in [0.3, 0.4) is 0 Å². The van der Waals surface area contributed by atoms with Gasteiger partial charge in [-0.1, -0.05) is 28.1 Å². The summed E-state index contributed by atoms with van der Waals surface area (Å²) >= 11 is 4.75. The van der Waals surface area contributed by atoms with Gasteiger partial charge in [0.1, 0.15) is 23.9 Å². The Labute approximate surface area is 204 Å². The molecule has 168 valence electrons. The van der Waals surface area contributed by atoms with Crippen molar-refractivity contribution >= 4 is 38.3 Å². The summed E-state index contributed by atoms with van der Waals surface area (Å²) in [4.78, 5) is 17.4. The maximum Gasteiger partial charge on any atom is 0.257 e. The lowest BCUT2D eigenvalue weighted by molar-refractivity contribution is 0.102. The Morgan fingerprint density at radius 3 is 2.55 bits per heavy atom. The number of ether oxygens (including phenoxy) is 3. The van der Waals surface area contributed by atoms with Gasteiger partial charge in [0, 0.05) is 21.0 Å². The molecule has 4 rings (SSSR count). The van der Waals surface area contributed by atoms with E-state index in [0.717, 1.165) is 21.3 Å². The average Bonchev–Trinajstić information content (AvgIpc) is 3.31. The molecule has 1 N–H and O–H groups in total. The highest BCUT2D eigenvalue weighted by molar-refractivity contribution is 9.10. The molecule has 0 bridgehead atoms. The van der Waals surface area contributed by atoms with E-state index in [1.165, 1.54) is 11.3 Å². The molecule has 1 heterocycles. The molecule has 0 atom stereocenters. The number of halogens is 1. The van der Waals surface area contributed by atoms with Crippen molar-refractivity contribution in [3.63, 3.8) is 0 Å². The van der Waals surface area contributed by atoms with Crippen LogP contribution in [0.2, 0.25) is 0 Å². The van der Waals surface area contributed by atoms with E-state index in [2.05, 4.69) is 26.2 Å². The summed E-state index contributed by atoms with van der Waals surface area (Å²) in [5.41, 5.74) is 2.91. The minimum absolute atomic E-state index is 0.237. The number of rotatable bonds is 8. The third kappa shape index (κ3) is 5.71. The molecule has 0 fully saturated rings. The lowest BCUT2D eigenvalue weighted by atomic mass is 10.1. The largest absolute Gasteiger partial charge is 0.497 e. The molecule has 1 aromatic heterocycles. The molecular weight excluding hydrogens is 504 g/mol. The van der Waals surface area contributed by atoms with Crippen LogP contribution in [-0.4, -0.2) is 25.1 Å². The fourth-order valence-corrected chi connectivity index (χ4v) is 4.11. The van der Waals surface area contributed by atoms with E-state index in [1.54, 1.807) is 20.3 Å². The number of carbonyl (C=O) groups is 1. The molecule has 0 aliphatic heterocycles. The predicted molar refractivity (Wildman–Crippen MR) is 134 cm³/mol. The average molecular weight is 525 g/mol. The number of anilines is 1. The Bertz CT molecular complexity index is 1260. The summed E-state index contributed by atoms with van der Waals surface area (Å²) < 4.78 is 17.5. The highest BCUT2D eigenvalue weighted by atomic mass is 79.9. The number of methoxy groups -OCH3 is 2. The van der Waals surface area contributed by atoms with E-state index in [4.69, 9.17) is 14.2 Å². The van der Waals surface area contributed by atoms with E-state index in [9.17, 15) is 4.79 Å². The zero-order valence-corrected chi connectivity index (χ0v) is 20.4. The number of nitrogens with one attached hydrogen (secondary N) is 1. The van der Waals surface area contributed by atoms with Gasteiger partial charge in [0.25, 0.3) is 5.91 Å². The van der Waals surface area contributed by atoms with Crippen molar-refractivity contribution < 1.29 is 19.0 Å². The van der Waals surface area contributed by atoms with Gasteiger partial charge >= 0.3 is 0 Å². The van der Waals surface area contributed by atoms with Gasteiger partial charge in [-0.25, -0.2) is 4.98 Å². The van der Waals surface area contributed by atoms with Crippen LogP contribution < -0.4 is 19.5 Å². The van der Waals surface area contributed by atoms with Crippen molar-refractivity contribution in [3.05, 3.63) is 87.7 Å². The summed E-state index contributed by atoms with van der Waals surface area (Å²) in [7, 11) is 3.21. The molecule has 0 spiro atoms. The molecule has 0 saturated heterocycles. The Morgan fingerprint density at radius 1 is 1.00 bits per heavy atom. The SMILES string of the molecule is COc1ccc(OC)c(-c2csc(NC(=O)c3cccc(COc4ccc(Br)cc4)c3)n2)c1. The summed E-state index contributed by atoms with van der Waals surface area (Å²) in [6.45, 7) is 0.361. The van der Waals surface area contributed by atoms with Crippen LogP contribution in [0.25, 0.3) is 11.3 Å². The van der Waals surface area contributed by atoms with Crippen LogP contribution in [0.5, 0.6) is 17.2 Å². The van der Waals surface area contributed by atoms with Gasteiger partial charge in [0.15, 0.2) is 5.13 Å². The fourth-order valence-electron chi connectivity index (χ4n) is 3.14. The topological polar surface area (TPSA) is 69.7 Å². The molecule has 3 aromatic carbocycles. The number of amides is 1. The number of benzene rings is 3. The fraction of sp³-hybridized carbons (Fsp3) is 0.120. The van der Waals surface area contributed by atoms with Crippen LogP contribution in [0.15, 0.2) is 76.6 Å². The third-order valence-corrected chi connectivity index (χ3v) is 6.10. The first kappa shape index (κ1) is 22.8. The molecule has 0 radical (unpaired) electrons. The van der Waals surface area contributed by atoms with Crippen molar-refractivity contribution in [2.45, 2.75) is 6.61 Å². The van der Waals surface area contributed by atoms with Crippen LogP contribution in [0.4, 0.5) is 5.13 Å². The summed E-state index contributed by atoms with van der Waals surface area (Å²) in [6.07, 6.45) is 0. The number of hydrogen-bond acceptors (Lipinski definition) is 6. The molecule has 0 aliphatic carbocycles. The summed E-state index contributed by atoms with van der Waals surface area (Å²) in [5, 5.41) is 5.24. The standard InChI is InChI=1S/C25H21BrN2O4S/c1-30-20-10-11-23(31-2)21(13-20)22-15-33-25(27-22)28-24(29)17-5-3-4-16(12-17)14-32-19-8-6-18(26)7-9-19/h3-13,15H,14H2,1-2H3,(H,27,28,29). The van der Waals surface area contributed by atoms with E-state index in [1.807, 2.05) is 66.0 Å². The van der Waals surface area contributed by atoms with Gasteiger partial charge in [0.05, 0.1) is 19.9 Å². The quantitative estimate of drug-likeness (QED) is 0.288. The maximum atomic E-state index is 12.8. The van der Waals surface area contributed by atoms with Crippen LogP contribution in [0.1, 0.15) is 15.9 Å². The van der Waals surface area contributed by atoms with Gasteiger partial charge in [-0.3, -0.25) is 10.1 Å².